The summed E-state index contributed by atoms with van der Waals surface area (Å²) in [6.45, 7) is 0.556. The number of halogens is 1. The average molecular weight is 472 g/mol. The molecule has 5 nitrogen and oxygen atoms in total. The van der Waals surface area contributed by atoms with Crippen molar-refractivity contribution >= 4 is 34.2 Å². The molecule has 0 saturated heterocycles. The summed E-state index contributed by atoms with van der Waals surface area (Å²) in [6, 6.07) is 23.3. The number of aromatic nitrogens is 1. The Labute approximate surface area is 204 Å². The molecule has 0 saturated carbocycles. The van der Waals surface area contributed by atoms with Crippen LogP contribution in [0.15, 0.2) is 79.0 Å². The lowest BCUT2D eigenvalue weighted by Crippen LogP contribution is -2.25. The molecule has 1 aromatic heterocycles. The highest BCUT2D eigenvalue weighted by Gasteiger charge is 2.11. The standard InChI is InChI=1S/C28H26ClN3O2/c1-30-27(33)17-22-18-32-26(25-5-3-2-4-24(22)25)16-20-6-10-21(11-7-20)28(34)31-15-14-19-8-12-23(29)13-9-19/h2-13,18H,14-17H2,1H3,(H,30,33)(H,31,34). The molecule has 0 aliphatic heterocycles. The van der Waals surface area contributed by atoms with Gasteiger partial charge in [0.1, 0.15) is 0 Å². The van der Waals surface area contributed by atoms with Gasteiger partial charge in [0.15, 0.2) is 0 Å². The SMILES string of the molecule is CNC(=O)Cc1cnc(Cc2ccc(C(=O)NCCc3ccc(Cl)cc3)cc2)c2ccccc12. The predicted molar refractivity (Wildman–Crippen MR) is 136 cm³/mol. The fourth-order valence-electron chi connectivity index (χ4n) is 3.89. The number of likely N-dealkylation sites (N-methyl/N-ethyl adjacent to an activating group) is 1. The van der Waals surface area contributed by atoms with E-state index in [1.807, 2.05) is 72.8 Å². The predicted octanol–water partition coefficient (Wildman–Crippen LogP) is 4.74. The third-order valence-electron chi connectivity index (χ3n) is 5.79. The van der Waals surface area contributed by atoms with Gasteiger partial charge in [-0.2, -0.15) is 0 Å². The summed E-state index contributed by atoms with van der Waals surface area (Å²) in [7, 11) is 1.63. The fraction of sp³-hybridized carbons (Fsp3) is 0.179. The fourth-order valence-corrected chi connectivity index (χ4v) is 4.02. The summed E-state index contributed by atoms with van der Waals surface area (Å²) < 4.78 is 0. The minimum absolute atomic E-state index is 0.0401. The summed E-state index contributed by atoms with van der Waals surface area (Å²) in [5.41, 5.74) is 4.66. The average Bonchev–Trinajstić information content (AvgIpc) is 2.87. The molecule has 0 atom stereocenters. The van der Waals surface area contributed by atoms with Crippen LogP contribution in [0.3, 0.4) is 0 Å². The number of carbonyl (C=O) groups is 2. The van der Waals surface area contributed by atoms with Crippen LogP contribution < -0.4 is 10.6 Å². The quantitative estimate of drug-likeness (QED) is 0.390. The molecule has 0 spiro atoms. The molecule has 6 heteroatoms. The van der Waals surface area contributed by atoms with E-state index in [2.05, 4.69) is 15.6 Å². The minimum Gasteiger partial charge on any atom is -0.359 e. The number of pyridine rings is 1. The van der Waals surface area contributed by atoms with Crippen molar-refractivity contribution in [3.63, 3.8) is 0 Å². The van der Waals surface area contributed by atoms with Gasteiger partial charge < -0.3 is 10.6 Å². The lowest BCUT2D eigenvalue weighted by Gasteiger charge is -2.11. The van der Waals surface area contributed by atoms with E-state index in [0.717, 1.165) is 39.6 Å². The zero-order valence-corrected chi connectivity index (χ0v) is 19.7. The molecule has 2 amide bonds. The first-order chi connectivity index (χ1) is 16.5. The van der Waals surface area contributed by atoms with Crippen LogP contribution in [0.4, 0.5) is 0 Å². The number of amides is 2. The molecule has 0 unspecified atom stereocenters. The topological polar surface area (TPSA) is 71.1 Å². The van der Waals surface area contributed by atoms with E-state index in [1.54, 1.807) is 13.2 Å². The summed E-state index contributed by atoms with van der Waals surface area (Å²) in [6.07, 6.45) is 3.47. The van der Waals surface area contributed by atoms with Crippen molar-refractivity contribution in [2.75, 3.05) is 13.6 Å². The van der Waals surface area contributed by atoms with Crippen LogP contribution in [0, 0.1) is 0 Å². The molecule has 4 aromatic rings. The van der Waals surface area contributed by atoms with Crippen LogP contribution in [0.25, 0.3) is 10.8 Å². The summed E-state index contributed by atoms with van der Waals surface area (Å²) in [5.74, 6) is -0.135. The number of carbonyl (C=O) groups excluding carboxylic acids is 2. The number of nitrogens with zero attached hydrogens (tertiary/aromatic N) is 1. The second kappa shape index (κ2) is 10.9. The molecule has 0 aliphatic rings. The van der Waals surface area contributed by atoms with Gasteiger partial charge in [-0.05, 0) is 52.8 Å². The molecule has 4 rings (SSSR count). The lowest BCUT2D eigenvalue weighted by molar-refractivity contribution is -0.119. The van der Waals surface area contributed by atoms with Crippen LogP contribution in [0.1, 0.15) is 32.7 Å². The molecular formula is C28H26ClN3O2. The largest absolute Gasteiger partial charge is 0.359 e. The van der Waals surface area contributed by atoms with E-state index in [0.29, 0.717) is 30.0 Å². The zero-order valence-electron chi connectivity index (χ0n) is 19.0. The Morgan fingerprint density at radius 3 is 2.26 bits per heavy atom. The van der Waals surface area contributed by atoms with Gasteiger partial charge in [0.2, 0.25) is 5.91 Å². The van der Waals surface area contributed by atoms with Gasteiger partial charge in [0.05, 0.1) is 12.1 Å². The molecule has 2 N–H and O–H groups in total. The third-order valence-corrected chi connectivity index (χ3v) is 6.04. The van der Waals surface area contributed by atoms with Crippen LogP contribution >= 0.6 is 11.6 Å². The second-order valence-electron chi connectivity index (χ2n) is 8.13. The highest BCUT2D eigenvalue weighted by atomic mass is 35.5. The zero-order chi connectivity index (χ0) is 23.9. The summed E-state index contributed by atoms with van der Waals surface area (Å²) in [4.78, 5) is 29.0. The first-order valence-corrected chi connectivity index (χ1v) is 11.6. The summed E-state index contributed by atoms with van der Waals surface area (Å²) in [5, 5.41) is 8.41. The van der Waals surface area contributed by atoms with E-state index in [-0.39, 0.29) is 11.8 Å². The van der Waals surface area contributed by atoms with Gasteiger partial charge in [-0.15, -0.1) is 0 Å². The van der Waals surface area contributed by atoms with Gasteiger partial charge in [0.25, 0.3) is 5.91 Å². The van der Waals surface area contributed by atoms with Crippen molar-refractivity contribution in [1.29, 1.82) is 0 Å². The number of fused-ring (bicyclic) bond motifs is 1. The van der Waals surface area contributed by atoms with Gasteiger partial charge >= 0.3 is 0 Å². The van der Waals surface area contributed by atoms with Crippen LogP contribution in [0.5, 0.6) is 0 Å². The van der Waals surface area contributed by atoms with Crippen molar-refractivity contribution in [3.8, 4) is 0 Å². The van der Waals surface area contributed by atoms with Gasteiger partial charge in [-0.1, -0.05) is 60.1 Å². The molecule has 0 fully saturated rings. The van der Waals surface area contributed by atoms with E-state index in [9.17, 15) is 9.59 Å². The summed E-state index contributed by atoms with van der Waals surface area (Å²) >= 11 is 5.91. The van der Waals surface area contributed by atoms with Crippen molar-refractivity contribution in [3.05, 3.63) is 112 Å². The van der Waals surface area contributed by atoms with E-state index >= 15 is 0 Å². The molecular weight excluding hydrogens is 446 g/mol. The Hall–Kier alpha value is -3.70. The Bertz CT molecular complexity index is 1300. The molecule has 0 bridgehead atoms. The van der Waals surface area contributed by atoms with Crippen molar-refractivity contribution in [2.45, 2.75) is 19.3 Å². The highest BCUT2D eigenvalue weighted by Crippen LogP contribution is 2.23. The van der Waals surface area contributed by atoms with Crippen LogP contribution in [-0.4, -0.2) is 30.4 Å². The number of hydrogen-bond donors (Lipinski definition) is 2. The lowest BCUT2D eigenvalue weighted by atomic mass is 9.99. The van der Waals surface area contributed by atoms with Gasteiger partial charge in [-0.3, -0.25) is 14.6 Å². The maximum Gasteiger partial charge on any atom is 0.251 e. The number of rotatable bonds is 8. The Kier molecular flexibility index (Phi) is 7.55. The van der Waals surface area contributed by atoms with Crippen molar-refractivity contribution < 1.29 is 9.59 Å². The van der Waals surface area contributed by atoms with E-state index < -0.39 is 0 Å². The number of nitrogens with one attached hydrogen (secondary N) is 2. The van der Waals surface area contributed by atoms with E-state index in [4.69, 9.17) is 11.6 Å². The number of benzene rings is 3. The Balaban J connectivity index is 1.41. The maximum atomic E-state index is 12.5. The molecule has 34 heavy (non-hydrogen) atoms. The number of hydrogen-bond acceptors (Lipinski definition) is 3. The molecule has 0 aliphatic carbocycles. The second-order valence-corrected chi connectivity index (χ2v) is 8.57. The monoisotopic (exact) mass is 471 g/mol. The van der Waals surface area contributed by atoms with Gasteiger partial charge in [-0.25, -0.2) is 0 Å². The molecule has 0 radical (unpaired) electrons. The van der Waals surface area contributed by atoms with Crippen LogP contribution in [0.2, 0.25) is 5.02 Å². The first kappa shape index (κ1) is 23.5. The molecule has 172 valence electrons. The van der Waals surface area contributed by atoms with Crippen molar-refractivity contribution in [1.82, 2.24) is 15.6 Å². The van der Waals surface area contributed by atoms with Crippen LogP contribution in [-0.2, 0) is 24.1 Å². The third kappa shape index (κ3) is 5.80. The van der Waals surface area contributed by atoms with Crippen molar-refractivity contribution in [2.24, 2.45) is 0 Å². The molecule has 1 heterocycles. The van der Waals surface area contributed by atoms with Gasteiger partial charge in [0, 0.05) is 42.2 Å². The maximum absolute atomic E-state index is 12.5. The Morgan fingerprint density at radius 1 is 0.882 bits per heavy atom. The highest BCUT2D eigenvalue weighted by molar-refractivity contribution is 6.30. The normalized spacial score (nSPS) is 10.8. The van der Waals surface area contributed by atoms with E-state index in [1.165, 1.54) is 0 Å². The minimum atomic E-state index is -0.0948. The molecule has 3 aromatic carbocycles. The Morgan fingerprint density at radius 2 is 1.56 bits per heavy atom. The smallest absolute Gasteiger partial charge is 0.251 e. The first-order valence-electron chi connectivity index (χ1n) is 11.2.